The Bertz CT molecular complexity index is 220. The van der Waals surface area contributed by atoms with Gasteiger partial charge in [-0.05, 0) is 32.1 Å². The van der Waals surface area contributed by atoms with Crippen LogP contribution in [0.3, 0.4) is 0 Å². The lowest BCUT2D eigenvalue weighted by Crippen LogP contribution is -2.46. The fourth-order valence-corrected chi connectivity index (χ4v) is 2.49. The molecule has 1 saturated heterocycles. The van der Waals surface area contributed by atoms with Crippen molar-refractivity contribution in [1.29, 1.82) is 0 Å². The second-order valence-electron chi connectivity index (χ2n) is 5.05. The lowest BCUT2D eigenvalue weighted by atomic mass is 10.0. The number of carbonyl (C=O) groups excluding carboxylic acids is 1. The molecule has 17 heavy (non-hydrogen) atoms. The zero-order chi connectivity index (χ0) is 12.7. The number of nitrogens with zero attached hydrogens (tertiary/aromatic N) is 2. The third-order valence-electron chi connectivity index (χ3n) is 3.91. The van der Waals surface area contributed by atoms with E-state index < -0.39 is 0 Å². The number of urea groups is 1. The molecule has 0 unspecified atom stereocenters. The molecule has 1 fully saturated rings. The van der Waals surface area contributed by atoms with E-state index in [9.17, 15) is 4.79 Å². The first-order valence-corrected chi connectivity index (χ1v) is 7.26. The van der Waals surface area contributed by atoms with Crippen molar-refractivity contribution in [2.24, 2.45) is 5.92 Å². The van der Waals surface area contributed by atoms with Gasteiger partial charge >= 0.3 is 6.03 Å². The van der Waals surface area contributed by atoms with Crippen LogP contribution >= 0.6 is 0 Å². The van der Waals surface area contributed by atoms with E-state index in [0.717, 1.165) is 26.2 Å². The maximum absolute atomic E-state index is 12.3. The molecule has 0 N–H and O–H groups in total. The molecule has 3 heteroatoms. The van der Waals surface area contributed by atoms with Crippen LogP contribution in [0.25, 0.3) is 0 Å². The Morgan fingerprint density at radius 2 is 1.71 bits per heavy atom. The average Bonchev–Trinajstić information content (AvgIpc) is 2.40. The highest BCUT2D eigenvalue weighted by molar-refractivity contribution is 5.74. The molecule has 100 valence electrons. The summed E-state index contributed by atoms with van der Waals surface area (Å²) in [5.41, 5.74) is 0. The van der Waals surface area contributed by atoms with Gasteiger partial charge in [-0.25, -0.2) is 4.79 Å². The van der Waals surface area contributed by atoms with Gasteiger partial charge in [0.2, 0.25) is 0 Å². The predicted molar refractivity (Wildman–Crippen MR) is 72.1 cm³/mol. The molecule has 1 heterocycles. The summed E-state index contributed by atoms with van der Waals surface area (Å²) in [6.45, 7) is 10.2. The van der Waals surface area contributed by atoms with Crippen LogP contribution < -0.4 is 0 Å². The second-order valence-corrected chi connectivity index (χ2v) is 5.05. The minimum atomic E-state index is 0.263. The van der Waals surface area contributed by atoms with Gasteiger partial charge in [0, 0.05) is 26.2 Å². The SMILES string of the molecule is CCC(CC)CN(CC)C(=O)N1CCCCC1. The maximum Gasteiger partial charge on any atom is 0.319 e. The van der Waals surface area contributed by atoms with Gasteiger partial charge in [0.1, 0.15) is 0 Å². The summed E-state index contributed by atoms with van der Waals surface area (Å²) in [5, 5.41) is 0. The molecule has 0 saturated carbocycles. The van der Waals surface area contributed by atoms with E-state index >= 15 is 0 Å². The topological polar surface area (TPSA) is 23.6 Å². The lowest BCUT2D eigenvalue weighted by Gasteiger charge is -2.34. The van der Waals surface area contributed by atoms with E-state index in [1.807, 2.05) is 9.80 Å². The van der Waals surface area contributed by atoms with Gasteiger partial charge in [-0.3, -0.25) is 0 Å². The molecule has 0 spiro atoms. The maximum atomic E-state index is 12.3. The molecule has 0 atom stereocenters. The van der Waals surface area contributed by atoms with E-state index in [1.165, 1.54) is 32.1 Å². The minimum Gasteiger partial charge on any atom is -0.325 e. The van der Waals surface area contributed by atoms with Gasteiger partial charge in [-0.15, -0.1) is 0 Å². The highest BCUT2D eigenvalue weighted by Gasteiger charge is 2.22. The first-order valence-electron chi connectivity index (χ1n) is 7.26. The van der Waals surface area contributed by atoms with Crippen molar-refractivity contribution >= 4 is 6.03 Å². The Hall–Kier alpha value is -0.730. The van der Waals surface area contributed by atoms with Crippen molar-refractivity contribution in [3.63, 3.8) is 0 Å². The standard InChI is InChI=1S/C14H28N2O/c1-4-13(5-2)12-15(6-3)14(17)16-10-8-7-9-11-16/h13H,4-12H2,1-3H3. The molecule has 2 amide bonds. The molecule has 0 radical (unpaired) electrons. The van der Waals surface area contributed by atoms with Crippen molar-refractivity contribution in [2.75, 3.05) is 26.2 Å². The van der Waals surface area contributed by atoms with E-state index in [4.69, 9.17) is 0 Å². The molecule has 1 aliphatic rings. The van der Waals surface area contributed by atoms with Crippen molar-refractivity contribution in [3.8, 4) is 0 Å². The number of rotatable bonds is 5. The lowest BCUT2D eigenvalue weighted by molar-refractivity contribution is 0.137. The van der Waals surface area contributed by atoms with Crippen LogP contribution in [0.4, 0.5) is 4.79 Å². The monoisotopic (exact) mass is 240 g/mol. The van der Waals surface area contributed by atoms with Crippen molar-refractivity contribution in [1.82, 2.24) is 9.80 Å². The average molecular weight is 240 g/mol. The van der Waals surface area contributed by atoms with Crippen LogP contribution in [0.5, 0.6) is 0 Å². The van der Waals surface area contributed by atoms with E-state index in [1.54, 1.807) is 0 Å². The first kappa shape index (κ1) is 14.3. The number of hydrogen-bond donors (Lipinski definition) is 0. The highest BCUT2D eigenvalue weighted by atomic mass is 16.2. The fourth-order valence-electron chi connectivity index (χ4n) is 2.49. The molecule has 0 aromatic carbocycles. The molecule has 0 aromatic heterocycles. The normalized spacial score (nSPS) is 16.4. The summed E-state index contributed by atoms with van der Waals surface area (Å²) in [5.74, 6) is 0.656. The smallest absolute Gasteiger partial charge is 0.319 e. The Morgan fingerprint density at radius 3 is 2.18 bits per heavy atom. The van der Waals surface area contributed by atoms with Crippen LogP contribution in [0.1, 0.15) is 52.9 Å². The van der Waals surface area contributed by atoms with Crippen LogP contribution in [-0.4, -0.2) is 42.0 Å². The molecule has 0 aliphatic carbocycles. The summed E-state index contributed by atoms with van der Waals surface area (Å²) in [6, 6.07) is 0.263. The molecular weight excluding hydrogens is 212 g/mol. The third-order valence-corrected chi connectivity index (χ3v) is 3.91. The molecule has 0 aromatic rings. The van der Waals surface area contributed by atoms with Crippen LogP contribution in [0.2, 0.25) is 0 Å². The van der Waals surface area contributed by atoms with E-state index in [-0.39, 0.29) is 6.03 Å². The Morgan fingerprint density at radius 1 is 1.12 bits per heavy atom. The predicted octanol–water partition coefficient (Wildman–Crippen LogP) is 3.35. The number of carbonyl (C=O) groups is 1. The summed E-state index contributed by atoms with van der Waals surface area (Å²) >= 11 is 0. The van der Waals surface area contributed by atoms with Crippen molar-refractivity contribution < 1.29 is 4.79 Å². The number of amides is 2. The number of likely N-dealkylation sites (tertiary alicyclic amines) is 1. The van der Waals surface area contributed by atoms with Gasteiger partial charge in [0.05, 0.1) is 0 Å². The Balaban J connectivity index is 2.50. The van der Waals surface area contributed by atoms with Gasteiger partial charge in [-0.2, -0.15) is 0 Å². The van der Waals surface area contributed by atoms with E-state index in [2.05, 4.69) is 20.8 Å². The molecular formula is C14H28N2O. The molecule has 3 nitrogen and oxygen atoms in total. The highest BCUT2D eigenvalue weighted by Crippen LogP contribution is 2.14. The number of hydrogen-bond acceptors (Lipinski definition) is 1. The molecule has 1 aliphatic heterocycles. The Labute approximate surface area is 106 Å². The largest absolute Gasteiger partial charge is 0.325 e. The van der Waals surface area contributed by atoms with Gasteiger partial charge in [0.15, 0.2) is 0 Å². The molecule has 1 rings (SSSR count). The van der Waals surface area contributed by atoms with Crippen molar-refractivity contribution in [3.05, 3.63) is 0 Å². The zero-order valence-electron chi connectivity index (χ0n) is 11.7. The van der Waals surface area contributed by atoms with Crippen molar-refractivity contribution in [2.45, 2.75) is 52.9 Å². The zero-order valence-corrected chi connectivity index (χ0v) is 11.7. The third kappa shape index (κ3) is 4.21. The Kier molecular flexibility index (Phi) is 6.38. The van der Waals surface area contributed by atoms with Crippen LogP contribution in [0, 0.1) is 5.92 Å². The van der Waals surface area contributed by atoms with Crippen LogP contribution in [-0.2, 0) is 0 Å². The summed E-state index contributed by atoms with van der Waals surface area (Å²) in [7, 11) is 0. The fraction of sp³-hybridized carbons (Fsp3) is 0.929. The number of piperidine rings is 1. The minimum absolute atomic E-state index is 0.263. The van der Waals surface area contributed by atoms with Crippen LogP contribution in [0.15, 0.2) is 0 Å². The summed E-state index contributed by atoms with van der Waals surface area (Å²) < 4.78 is 0. The quantitative estimate of drug-likeness (QED) is 0.723. The molecule has 0 bridgehead atoms. The van der Waals surface area contributed by atoms with Gasteiger partial charge in [0.25, 0.3) is 0 Å². The summed E-state index contributed by atoms with van der Waals surface area (Å²) in [6.07, 6.45) is 5.96. The van der Waals surface area contributed by atoms with E-state index in [0.29, 0.717) is 5.92 Å². The van der Waals surface area contributed by atoms with Gasteiger partial charge in [-0.1, -0.05) is 26.7 Å². The second kappa shape index (κ2) is 7.57. The van der Waals surface area contributed by atoms with Gasteiger partial charge < -0.3 is 9.80 Å². The summed E-state index contributed by atoms with van der Waals surface area (Å²) in [4.78, 5) is 16.4. The first-order chi connectivity index (χ1) is 8.22.